The first-order chi connectivity index (χ1) is 7.20. The topological polar surface area (TPSA) is 59.4 Å². The molecule has 15 heavy (non-hydrogen) atoms. The Labute approximate surface area is 90.3 Å². The number of carbonyl (C=O) groups is 1. The molecule has 0 saturated heterocycles. The Hall–Kier alpha value is -1.62. The van der Waals surface area contributed by atoms with Crippen LogP contribution in [0.25, 0.3) is 10.1 Å². The number of fused-ring (bicyclic) bond motifs is 1. The van der Waals surface area contributed by atoms with Crippen molar-refractivity contribution in [3.05, 3.63) is 23.9 Å². The van der Waals surface area contributed by atoms with Gasteiger partial charge in [0.2, 0.25) is 0 Å². The van der Waals surface area contributed by atoms with Crippen molar-refractivity contribution in [2.24, 2.45) is 0 Å². The number of phenols is 1. The van der Waals surface area contributed by atoms with E-state index in [1.54, 1.807) is 18.2 Å². The van der Waals surface area contributed by atoms with Crippen LogP contribution in [0.1, 0.15) is 5.69 Å². The van der Waals surface area contributed by atoms with E-state index in [-0.39, 0.29) is 18.1 Å². The zero-order valence-corrected chi connectivity index (χ0v) is 8.87. The number of hydrogen-bond donors (Lipinski definition) is 1. The van der Waals surface area contributed by atoms with E-state index in [0.29, 0.717) is 5.69 Å². The highest BCUT2D eigenvalue weighted by Gasteiger charge is 2.10. The third kappa shape index (κ3) is 1.92. The van der Waals surface area contributed by atoms with Gasteiger partial charge in [0.25, 0.3) is 0 Å². The maximum Gasteiger partial charge on any atom is 0.311 e. The van der Waals surface area contributed by atoms with Crippen molar-refractivity contribution >= 4 is 27.6 Å². The normalized spacial score (nSPS) is 10.5. The van der Waals surface area contributed by atoms with Gasteiger partial charge in [-0.05, 0) is 29.7 Å². The van der Waals surface area contributed by atoms with Crippen LogP contribution in [0.5, 0.6) is 5.75 Å². The second-order valence-corrected chi connectivity index (χ2v) is 3.87. The van der Waals surface area contributed by atoms with Crippen molar-refractivity contribution in [3.8, 4) is 5.75 Å². The van der Waals surface area contributed by atoms with Crippen LogP contribution in [0.15, 0.2) is 18.2 Å². The Kier molecular flexibility index (Phi) is 2.55. The fourth-order valence-corrected chi connectivity index (χ4v) is 2.14. The van der Waals surface area contributed by atoms with Crippen LogP contribution in [-0.4, -0.2) is 22.6 Å². The Morgan fingerprint density at radius 3 is 3.13 bits per heavy atom. The fourth-order valence-electron chi connectivity index (χ4n) is 1.31. The molecule has 0 aliphatic rings. The summed E-state index contributed by atoms with van der Waals surface area (Å²) in [5.41, 5.74) is 0.696. The molecule has 2 rings (SSSR count). The molecule has 0 fully saturated rings. The highest BCUT2D eigenvalue weighted by Crippen LogP contribution is 2.26. The van der Waals surface area contributed by atoms with Crippen molar-refractivity contribution in [3.63, 3.8) is 0 Å². The van der Waals surface area contributed by atoms with Crippen LogP contribution in [0.3, 0.4) is 0 Å². The van der Waals surface area contributed by atoms with Crippen molar-refractivity contribution in [1.82, 2.24) is 4.37 Å². The van der Waals surface area contributed by atoms with E-state index < -0.39 is 0 Å². The summed E-state index contributed by atoms with van der Waals surface area (Å²) in [7, 11) is 1.35. The summed E-state index contributed by atoms with van der Waals surface area (Å²) in [6, 6.07) is 4.97. The Balaban J connectivity index is 2.41. The molecule has 1 aromatic heterocycles. The molecule has 78 valence electrons. The van der Waals surface area contributed by atoms with Crippen LogP contribution in [0, 0.1) is 0 Å². The van der Waals surface area contributed by atoms with Gasteiger partial charge in [-0.3, -0.25) is 4.79 Å². The summed E-state index contributed by atoms with van der Waals surface area (Å²) in [6.07, 6.45) is 0.168. The zero-order chi connectivity index (χ0) is 10.8. The average molecular weight is 223 g/mol. The lowest BCUT2D eigenvalue weighted by molar-refractivity contribution is -0.139. The minimum atomic E-state index is -0.310. The predicted molar refractivity (Wildman–Crippen MR) is 57.0 cm³/mol. The number of methoxy groups -OCH3 is 1. The number of phenolic OH excluding ortho intramolecular Hbond substituents is 1. The zero-order valence-electron chi connectivity index (χ0n) is 8.06. The molecule has 0 aliphatic carbocycles. The number of esters is 1. The molecule has 4 nitrogen and oxygen atoms in total. The first-order valence-corrected chi connectivity index (χ1v) is 5.12. The lowest BCUT2D eigenvalue weighted by Crippen LogP contribution is -2.04. The third-order valence-electron chi connectivity index (χ3n) is 2.07. The van der Waals surface area contributed by atoms with Crippen molar-refractivity contribution in [2.45, 2.75) is 6.42 Å². The molecule has 0 amide bonds. The molecule has 1 N–H and O–H groups in total. The predicted octanol–water partition coefficient (Wildman–Crippen LogP) is 1.72. The molecular formula is C10H9NO3S. The molecule has 0 aliphatic heterocycles. The van der Waals surface area contributed by atoms with Gasteiger partial charge in [0.15, 0.2) is 0 Å². The van der Waals surface area contributed by atoms with E-state index in [4.69, 9.17) is 0 Å². The van der Waals surface area contributed by atoms with Gasteiger partial charge in [-0.15, -0.1) is 0 Å². The van der Waals surface area contributed by atoms with E-state index in [0.717, 1.165) is 10.1 Å². The summed E-state index contributed by atoms with van der Waals surface area (Å²) in [6.45, 7) is 0. The lowest BCUT2D eigenvalue weighted by Gasteiger charge is -1.96. The van der Waals surface area contributed by atoms with E-state index in [2.05, 4.69) is 9.11 Å². The number of hydrogen-bond acceptors (Lipinski definition) is 5. The summed E-state index contributed by atoms with van der Waals surface area (Å²) in [5, 5.41) is 10.1. The van der Waals surface area contributed by atoms with E-state index in [1.165, 1.54) is 18.6 Å². The molecule has 1 heterocycles. The Bertz CT molecular complexity index is 506. The van der Waals surface area contributed by atoms with Crippen molar-refractivity contribution < 1.29 is 14.6 Å². The number of ether oxygens (including phenoxy) is 1. The number of benzene rings is 1. The van der Waals surface area contributed by atoms with E-state index in [1.807, 2.05) is 0 Å². The lowest BCUT2D eigenvalue weighted by atomic mass is 10.2. The Morgan fingerprint density at radius 2 is 2.40 bits per heavy atom. The number of aromatic hydroxyl groups is 1. The smallest absolute Gasteiger partial charge is 0.311 e. The van der Waals surface area contributed by atoms with Crippen LogP contribution < -0.4 is 0 Å². The van der Waals surface area contributed by atoms with Crippen LogP contribution >= 0.6 is 11.5 Å². The number of nitrogens with zero attached hydrogens (tertiary/aromatic N) is 1. The largest absolute Gasteiger partial charge is 0.508 e. The summed E-state index contributed by atoms with van der Waals surface area (Å²) in [4.78, 5) is 11.1. The summed E-state index contributed by atoms with van der Waals surface area (Å²) in [5.74, 6) is -0.106. The van der Waals surface area contributed by atoms with Crippen LogP contribution in [0.4, 0.5) is 0 Å². The molecule has 0 spiro atoms. The molecule has 0 saturated carbocycles. The number of aromatic nitrogens is 1. The van der Waals surface area contributed by atoms with Crippen LogP contribution in [-0.2, 0) is 16.0 Å². The average Bonchev–Trinajstić information content (AvgIpc) is 2.60. The maximum absolute atomic E-state index is 11.1. The minimum absolute atomic E-state index is 0.168. The molecule has 0 bridgehead atoms. The summed E-state index contributed by atoms with van der Waals surface area (Å²) >= 11 is 1.26. The molecule has 0 unspecified atom stereocenters. The third-order valence-corrected chi connectivity index (χ3v) is 2.92. The minimum Gasteiger partial charge on any atom is -0.508 e. The van der Waals surface area contributed by atoms with Gasteiger partial charge in [-0.25, -0.2) is 0 Å². The van der Waals surface area contributed by atoms with Gasteiger partial charge in [0.05, 0.1) is 23.9 Å². The van der Waals surface area contributed by atoms with Gasteiger partial charge in [-0.1, -0.05) is 0 Å². The fraction of sp³-hybridized carbons (Fsp3) is 0.200. The van der Waals surface area contributed by atoms with Gasteiger partial charge < -0.3 is 9.84 Å². The second-order valence-electron chi connectivity index (χ2n) is 3.06. The standard InChI is InChI=1S/C10H9NO3S/c1-14-10(13)5-8-7-3-2-6(12)4-9(7)15-11-8/h2-4,12H,5H2,1H3. The molecule has 2 aromatic rings. The second kappa shape index (κ2) is 3.86. The van der Waals surface area contributed by atoms with Gasteiger partial charge in [-0.2, -0.15) is 4.37 Å². The first kappa shape index (κ1) is 9.92. The highest BCUT2D eigenvalue weighted by atomic mass is 32.1. The van der Waals surface area contributed by atoms with Crippen LogP contribution in [0.2, 0.25) is 0 Å². The van der Waals surface area contributed by atoms with Gasteiger partial charge in [0, 0.05) is 5.39 Å². The molecule has 0 atom stereocenters. The van der Waals surface area contributed by atoms with Crippen molar-refractivity contribution in [2.75, 3.05) is 7.11 Å². The monoisotopic (exact) mass is 223 g/mol. The molecular weight excluding hydrogens is 214 g/mol. The first-order valence-electron chi connectivity index (χ1n) is 4.35. The highest BCUT2D eigenvalue weighted by molar-refractivity contribution is 7.13. The number of carbonyl (C=O) groups excluding carboxylic acids is 1. The Morgan fingerprint density at radius 1 is 1.60 bits per heavy atom. The molecule has 5 heteroatoms. The molecule has 0 radical (unpaired) electrons. The van der Waals surface area contributed by atoms with Gasteiger partial charge >= 0.3 is 5.97 Å². The quantitative estimate of drug-likeness (QED) is 0.787. The number of rotatable bonds is 2. The molecule has 1 aromatic carbocycles. The van der Waals surface area contributed by atoms with Gasteiger partial charge in [0.1, 0.15) is 5.75 Å². The SMILES string of the molecule is COC(=O)Cc1nsc2cc(O)ccc12. The van der Waals surface area contributed by atoms with Crippen molar-refractivity contribution in [1.29, 1.82) is 0 Å². The maximum atomic E-state index is 11.1. The van der Waals surface area contributed by atoms with E-state index >= 15 is 0 Å². The summed E-state index contributed by atoms with van der Waals surface area (Å²) < 4.78 is 9.60. The van der Waals surface area contributed by atoms with E-state index in [9.17, 15) is 9.90 Å².